The van der Waals surface area contributed by atoms with Gasteiger partial charge in [0.15, 0.2) is 0 Å². The summed E-state index contributed by atoms with van der Waals surface area (Å²) >= 11 is 0. The van der Waals surface area contributed by atoms with Gasteiger partial charge in [-0.3, -0.25) is 15.1 Å². The Morgan fingerprint density at radius 2 is 2.22 bits per heavy atom. The van der Waals surface area contributed by atoms with Gasteiger partial charge in [0.05, 0.1) is 4.92 Å². The second kappa shape index (κ2) is 5.27. The minimum atomic E-state index is -0.384. The molecule has 18 heavy (non-hydrogen) atoms. The number of aromatic nitrogens is 1. The lowest BCUT2D eigenvalue weighted by atomic mass is 10.2. The Balaban J connectivity index is 2.18. The lowest BCUT2D eigenvalue weighted by Crippen LogP contribution is -2.03. The molecule has 0 aliphatic heterocycles. The van der Waals surface area contributed by atoms with E-state index in [4.69, 9.17) is 0 Å². The fourth-order valence-corrected chi connectivity index (χ4v) is 1.65. The first-order valence-electron chi connectivity index (χ1n) is 5.54. The maximum Gasteiger partial charge on any atom is 0.292 e. The lowest BCUT2D eigenvalue weighted by Gasteiger charge is -2.07. The number of nitrogens with zero attached hydrogens (tertiary/aromatic N) is 2. The van der Waals surface area contributed by atoms with E-state index in [1.807, 2.05) is 19.1 Å². The Labute approximate surface area is 105 Å². The number of anilines is 1. The Kier molecular flexibility index (Phi) is 3.52. The molecular formula is C13H13N3O2. The molecule has 5 nitrogen and oxygen atoms in total. The van der Waals surface area contributed by atoms with Gasteiger partial charge in [-0.15, -0.1) is 0 Å². The molecular weight excluding hydrogens is 230 g/mol. The van der Waals surface area contributed by atoms with Crippen molar-refractivity contribution in [3.05, 3.63) is 64.0 Å². The molecule has 0 atom stereocenters. The van der Waals surface area contributed by atoms with Gasteiger partial charge in [0.1, 0.15) is 5.69 Å². The highest BCUT2D eigenvalue weighted by Gasteiger charge is 2.12. The van der Waals surface area contributed by atoms with Crippen LogP contribution in [0.15, 0.2) is 42.7 Å². The van der Waals surface area contributed by atoms with Crippen LogP contribution in [0.5, 0.6) is 0 Å². The molecule has 0 bridgehead atoms. The average molecular weight is 243 g/mol. The molecule has 1 N–H and O–H groups in total. The van der Waals surface area contributed by atoms with Crippen molar-refractivity contribution in [2.45, 2.75) is 13.5 Å². The molecule has 1 aromatic heterocycles. The van der Waals surface area contributed by atoms with Crippen molar-refractivity contribution in [3.63, 3.8) is 0 Å². The van der Waals surface area contributed by atoms with Gasteiger partial charge in [0.25, 0.3) is 5.69 Å². The van der Waals surface area contributed by atoms with Crippen LogP contribution in [0.4, 0.5) is 11.4 Å². The number of nitro benzene ring substituents is 1. The van der Waals surface area contributed by atoms with Crippen LogP contribution >= 0.6 is 0 Å². The van der Waals surface area contributed by atoms with Crippen LogP contribution in [0.3, 0.4) is 0 Å². The average Bonchev–Trinajstić information content (AvgIpc) is 2.37. The number of nitro groups is 1. The zero-order chi connectivity index (χ0) is 13.0. The van der Waals surface area contributed by atoms with E-state index in [2.05, 4.69) is 10.3 Å². The standard InChI is InChI=1S/C13H13N3O2/c1-10-4-5-13(16(17)18)12(7-10)15-9-11-3-2-6-14-8-11/h2-8,15H,9H2,1H3. The van der Waals surface area contributed by atoms with Crippen LogP contribution in [-0.4, -0.2) is 9.91 Å². The SMILES string of the molecule is Cc1ccc([N+](=O)[O-])c(NCc2cccnc2)c1. The smallest absolute Gasteiger partial charge is 0.292 e. The molecule has 0 radical (unpaired) electrons. The first kappa shape index (κ1) is 12.0. The second-order valence-electron chi connectivity index (χ2n) is 3.99. The van der Waals surface area contributed by atoms with Gasteiger partial charge in [-0.1, -0.05) is 12.1 Å². The molecule has 1 heterocycles. The molecule has 0 aliphatic carbocycles. The van der Waals surface area contributed by atoms with Crippen LogP contribution in [0.25, 0.3) is 0 Å². The largest absolute Gasteiger partial charge is 0.375 e. The van der Waals surface area contributed by atoms with E-state index in [0.717, 1.165) is 11.1 Å². The Bertz CT molecular complexity index is 555. The zero-order valence-electron chi connectivity index (χ0n) is 9.96. The fourth-order valence-electron chi connectivity index (χ4n) is 1.65. The summed E-state index contributed by atoms with van der Waals surface area (Å²) in [5, 5.41) is 14.0. The Morgan fingerprint density at radius 3 is 2.89 bits per heavy atom. The number of benzene rings is 1. The van der Waals surface area contributed by atoms with Crippen LogP contribution in [0.2, 0.25) is 0 Å². The third-order valence-electron chi connectivity index (χ3n) is 2.55. The van der Waals surface area contributed by atoms with Crippen molar-refractivity contribution >= 4 is 11.4 Å². The Morgan fingerprint density at radius 1 is 1.39 bits per heavy atom. The third kappa shape index (κ3) is 2.82. The number of nitrogens with one attached hydrogen (secondary N) is 1. The fraction of sp³-hybridized carbons (Fsp3) is 0.154. The van der Waals surface area contributed by atoms with Crippen molar-refractivity contribution in [1.29, 1.82) is 0 Å². The maximum atomic E-state index is 10.9. The summed E-state index contributed by atoms with van der Waals surface area (Å²) in [5.41, 5.74) is 2.58. The maximum absolute atomic E-state index is 10.9. The van der Waals surface area contributed by atoms with Gasteiger partial charge in [-0.25, -0.2) is 0 Å². The van der Waals surface area contributed by atoms with Gasteiger partial charge in [-0.2, -0.15) is 0 Å². The summed E-state index contributed by atoms with van der Waals surface area (Å²) in [5.74, 6) is 0. The highest BCUT2D eigenvalue weighted by atomic mass is 16.6. The van der Waals surface area contributed by atoms with Crippen molar-refractivity contribution in [3.8, 4) is 0 Å². The lowest BCUT2D eigenvalue weighted by molar-refractivity contribution is -0.384. The Hall–Kier alpha value is -2.43. The van der Waals surface area contributed by atoms with E-state index >= 15 is 0 Å². The summed E-state index contributed by atoms with van der Waals surface area (Å²) in [7, 11) is 0. The molecule has 0 aliphatic rings. The monoisotopic (exact) mass is 243 g/mol. The number of aryl methyl sites for hydroxylation is 1. The highest BCUT2D eigenvalue weighted by molar-refractivity contribution is 5.62. The molecule has 2 rings (SSSR count). The molecule has 0 saturated heterocycles. The summed E-state index contributed by atoms with van der Waals surface area (Å²) in [6, 6.07) is 8.77. The van der Waals surface area contributed by atoms with Gasteiger partial charge >= 0.3 is 0 Å². The normalized spacial score (nSPS) is 10.1. The van der Waals surface area contributed by atoms with Gasteiger partial charge < -0.3 is 5.32 Å². The molecule has 1 aromatic carbocycles. The van der Waals surface area contributed by atoms with Crippen LogP contribution in [-0.2, 0) is 6.54 Å². The number of pyridine rings is 1. The highest BCUT2D eigenvalue weighted by Crippen LogP contribution is 2.25. The first-order chi connectivity index (χ1) is 8.66. The summed E-state index contributed by atoms with van der Waals surface area (Å²) in [6.45, 7) is 2.41. The molecule has 0 unspecified atom stereocenters. The van der Waals surface area contributed by atoms with Crippen molar-refractivity contribution < 1.29 is 4.92 Å². The van der Waals surface area contributed by atoms with Crippen LogP contribution in [0.1, 0.15) is 11.1 Å². The van der Waals surface area contributed by atoms with E-state index in [9.17, 15) is 10.1 Å². The molecule has 0 spiro atoms. The van der Waals surface area contributed by atoms with Gasteiger partial charge in [-0.05, 0) is 30.2 Å². The second-order valence-corrected chi connectivity index (χ2v) is 3.99. The zero-order valence-corrected chi connectivity index (χ0v) is 9.96. The summed E-state index contributed by atoms with van der Waals surface area (Å²) in [6.07, 6.45) is 3.42. The molecule has 5 heteroatoms. The predicted molar refractivity (Wildman–Crippen MR) is 69.4 cm³/mol. The predicted octanol–water partition coefficient (Wildman–Crippen LogP) is 2.91. The minimum absolute atomic E-state index is 0.0875. The van der Waals surface area contributed by atoms with Gasteiger partial charge in [0, 0.05) is 25.0 Å². The topological polar surface area (TPSA) is 68.1 Å². The third-order valence-corrected chi connectivity index (χ3v) is 2.55. The number of hydrogen-bond acceptors (Lipinski definition) is 4. The van der Waals surface area contributed by atoms with Gasteiger partial charge in [0.2, 0.25) is 0 Å². The van der Waals surface area contributed by atoms with Crippen molar-refractivity contribution in [2.24, 2.45) is 0 Å². The van der Waals surface area contributed by atoms with Crippen LogP contribution in [0, 0.1) is 17.0 Å². The van der Waals surface area contributed by atoms with Crippen LogP contribution < -0.4 is 5.32 Å². The summed E-state index contributed by atoms with van der Waals surface area (Å²) in [4.78, 5) is 14.5. The quantitative estimate of drug-likeness (QED) is 0.662. The van der Waals surface area contributed by atoms with Crippen molar-refractivity contribution in [1.82, 2.24) is 4.98 Å². The number of rotatable bonds is 4. The molecule has 0 amide bonds. The molecule has 2 aromatic rings. The van der Waals surface area contributed by atoms with E-state index in [1.54, 1.807) is 24.5 Å². The van der Waals surface area contributed by atoms with Crippen molar-refractivity contribution in [2.75, 3.05) is 5.32 Å². The van der Waals surface area contributed by atoms with E-state index < -0.39 is 0 Å². The van der Waals surface area contributed by atoms with E-state index in [1.165, 1.54) is 6.07 Å². The minimum Gasteiger partial charge on any atom is -0.375 e. The summed E-state index contributed by atoms with van der Waals surface area (Å²) < 4.78 is 0. The molecule has 0 saturated carbocycles. The molecule has 92 valence electrons. The van der Waals surface area contributed by atoms with E-state index in [-0.39, 0.29) is 10.6 Å². The number of hydrogen-bond donors (Lipinski definition) is 1. The molecule has 0 fully saturated rings. The van der Waals surface area contributed by atoms with E-state index in [0.29, 0.717) is 12.2 Å². The first-order valence-corrected chi connectivity index (χ1v) is 5.54.